The lowest BCUT2D eigenvalue weighted by molar-refractivity contribution is -0.180. The van der Waals surface area contributed by atoms with E-state index in [0.29, 0.717) is 19.6 Å². The van der Waals surface area contributed by atoms with Gasteiger partial charge in [-0.2, -0.15) is 0 Å². The maximum Gasteiger partial charge on any atom is 0.410 e. The molecular weight excluding hydrogens is 358 g/mol. The van der Waals surface area contributed by atoms with E-state index in [0.717, 1.165) is 22.4 Å². The molecule has 6 heteroatoms. The number of rotatable bonds is 4. The second-order valence-electron chi connectivity index (χ2n) is 7.90. The standard InChI is InChI=1S/C22H25NO5/c1-14(10-15-4-7-18(24)8-5-15)23-12-20(27-21(23)25)16-6-9-19-17(11-16)13-26-22(2,3)28-19/h4-9,11,14,20,24H,10,12-13H2,1-3H3. The predicted molar refractivity (Wildman–Crippen MR) is 103 cm³/mol. The number of benzene rings is 2. The molecule has 1 amide bonds. The number of hydrogen-bond acceptors (Lipinski definition) is 5. The van der Waals surface area contributed by atoms with Gasteiger partial charge in [-0.3, -0.25) is 0 Å². The molecule has 2 aromatic carbocycles. The van der Waals surface area contributed by atoms with Gasteiger partial charge in [0.25, 0.3) is 0 Å². The van der Waals surface area contributed by atoms with Crippen molar-refractivity contribution >= 4 is 6.09 Å². The summed E-state index contributed by atoms with van der Waals surface area (Å²) in [7, 11) is 0. The Hall–Kier alpha value is -2.73. The van der Waals surface area contributed by atoms with E-state index in [1.807, 2.05) is 51.1 Å². The Bertz CT molecular complexity index is 877. The van der Waals surface area contributed by atoms with Crippen molar-refractivity contribution < 1.29 is 24.1 Å². The SMILES string of the molecule is CC(Cc1ccc(O)cc1)N1CC(c2ccc3c(c2)COC(C)(C)O3)OC1=O. The van der Waals surface area contributed by atoms with E-state index in [4.69, 9.17) is 14.2 Å². The molecule has 0 spiro atoms. The third-order valence-electron chi connectivity index (χ3n) is 5.23. The van der Waals surface area contributed by atoms with Crippen LogP contribution >= 0.6 is 0 Å². The van der Waals surface area contributed by atoms with E-state index >= 15 is 0 Å². The Morgan fingerprint density at radius 2 is 1.96 bits per heavy atom. The van der Waals surface area contributed by atoms with E-state index in [9.17, 15) is 9.90 Å². The number of amides is 1. The number of aromatic hydroxyl groups is 1. The van der Waals surface area contributed by atoms with Gasteiger partial charge in [-0.05, 0) is 48.7 Å². The van der Waals surface area contributed by atoms with E-state index in [2.05, 4.69) is 0 Å². The zero-order chi connectivity index (χ0) is 19.9. The number of carbonyl (C=O) groups is 1. The molecule has 6 nitrogen and oxygen atoms in total. The van der Waals surface area contributed by atoms with Crippen LogP contribution in [0.4, 0.5) is 4.79 Å². The van der Waals surface area contributed by atoms with Gasteiger partial charge < -0.3 is 24.2 Å². The van der Waals surface area contributed by atoms with E-state index in [1.54, 1.807) is 17.0 Å². The van der Waals surface area contributed by atoms with Gasteiger partial charge in [-0.15, -0.1) is 0 Å². The van der Waals surface area contributed by atoms with Crippen LogP contribution in [0.15, 0.2) is 42.5 Å². The van der Waals surface area contributed by atoms with Gasteiger partial charge in [-0.1, -0.05) is 18.2 Å². The molecule has 0 aromatic heterocycles. The summed E-state index contributed by atoms with van der Waals surface area (Å²) in [5, 5.41) is 9.42. The van der Waals surface area contributed by atoms with Crippen molar-refractivity contribution in [3.63, 3.8) is 0 Å². The number of ether oxygens (including phenoxy) is 3. The second-order valence-corrected chi connectivity index (χ2v) is 7.90. The molecular formula is C22H25NO5. The van der Waals surface area contributed by atoms with Gasteiger partial charge in [-0.25, -0.2) is 4.79 Å². The number of hydrogen-bond donors (Lipinski definition) is 1. The van der Waals surface area contributed by atoms with Gasteiger partial charge in [0.1, 0.15) is 17.6 Å². The number of fused-ring (bicyclic) bond motifs is 1. The summed E-state index contributed by atoms with van der Waals surface area (Å²) in [5.41, 5.74) is 2.97. The van der Waals surface area contributed by atoms with Crippen LogP contribution in [0.5, 0.6) is 11.5 Å². The third-order valence-corrected chi connectivity index (χ3v) is 5.23. The molecule has 148 valence electrons. The maximum absolute atomic E-state index is 12.4. The highest BCUT2D eigenvalue weighted by Gasteiger charge is 2.36. The fraction of sp³-hybridized carbons (Fsp3) is 0.409. The molecule has 0 saturated carbocycles. The van der Waals surface area contributed by atoms with Crippen molar-refractivity contribution in [2.75, 3.05) is 6.54 Å². The molecule has 4 rings (SSSR count). The average molecular weight is 383 g/mol. The van der Waals surface area contributed by atoms with Crippen LogP contribution in [-0.4, -0.2) is 34.5 Å². The molecule has 1 N–H and O–H groups in total. The lowest BCUT2D eigenvalue weighted by atomic mass is 10.0. The molecule has 0 radical (unpaired) electrons. The molecule has 2 aliphatic rings. The Labute approximate surface area is 164 Å². The predicted octanol–water partition coefficient (Wildman–Crippen LogP) is 4.16. The van der Waals surface area contributed by atoms with Crippen LogP contribution < -0.4 is 4.74 Å². The molecule has 1 fully saturated rings. The first kappa shape index (κ1) is 18.6. The summed E-state index contributed by atoms with van der Waals surface area (Å²) in [6.07, 6.45) is 0.0842. The van der Waals surface area contributed by atoms with E-state index in [1.165, 1.54) is 0 Å². The molecule has 0 aliphatic carbocycles. The monoisotopic (exact) mass is 383 g/mol. The zero-order valence-corrected chi connectivity index (χ0v) is 16.3. The topological polar surface area (TPSA) is 68.2 Å². The Morgan fingerprint density at radius 3 is 2.71 bits per heavy atom. The summed E-state index contributed by atoms with van der Waals surface area (Å²) < 4.78 is 17.2. The van der Waals surface area contributed by atoms with E-state index < -0.39 is 5.79 Å². The number of phenolic OH excluding ortho intramolecular Hbond substituents is 1. The molecule has 28 heavy (non-hydrogen) atoms. The van der Waals surface area contributed by atoms with Gasteiger partial charge >= 0.3 is 6.09 Å². The smallest absolute Gasteiger partial charge is 0.410 e. The van der Waals surface area contributed by atoms with Gasteiger partial charge in [0.2, 0.25) is 5.79 Å². The van der Waals surface area contributed by atoms with Crippen molar-refractivity contribution in [1.82, 2.24) is 4.90 Å². The molecule has 2 aromatic rings. The lowest BCUT2D eigenvalue weighted by Gasteiger charge is -2.32. The first-order chi connectivity index (χ1) is 13.3. The average Bonchev–Trinajstić information content (AvgIpc) is 3.04. The number of nitrogens with zero attached hydrogens (tertiary/aromatic N) is 1. The summed E-state index contributed by atoms with van der Waals surface area (Å²) in [4.78, 5) is 14.2. The molecule has 2 unspecified atom stereocenters. The van der Waals surface area contributed by atoms with Crippen molar-refractivity contribution in [3.8, 4) is 11.5 Å². The zero-order valence-electron chi connectivity index (χ0n) is 16.3. The summed E-state index contributed by atoms with van der Waals surface area (Å²) >= 11 is 0. The highest BCUT2D eigenvalue weighted by atomic mass is 16.7. The highest BCUT2D eigenvalue weighted by molar-refractivity contribution is 5.70. The maximum atomic E-state index is 12.4. The van der Waals surface area contributed by atoms with Crippen LogP contribution in [0.2, 0.25) is 0 Å². The normalized spacial score (nSPS) is 21.6. The fourth-order valence-corrected chi connectivity index (χ4v) is 3.65. The van der Waals surface area contributed by atoms with Crippen molar-refractivity contribution in [2.24, 2.45) is 0 Å². The minimum Gasteiger partial charge on any atom is -0.508 e. The minimum absolute atomic E-state index is 0.00728. The molecule has 2 aliphatic heterocycles. The molecule has 2 heterocycles. The van der Waals surface area contributed by atoms with Crippen LogP contribution in [-0.2, 0) is 22.5 Å². The Balaban J connectivity index is 1.45. The number of carbonyl (C=O) groups excluding carboxylic acids is 1. The van der Waals surface area contributed by atoms with Gasteiger partial charge in [0.05, 0.1) is 13.2 Å². The molecule has 0 bridgehead atoms. The number of phenols is 1. The van der Waals surface area contributed by atoms with Gasteiger partial charge in [0.15, 0.2) is 0 Å². The van der Waals surface area contributed by atoms with Crippen LogP contribution in [0.25, 0.3) is 0 Å². The van der Waals surface area contributed by atoms with Crippen LogP contribution in [0.3, 0.4) is 0 Å². The third kappa shape index (κ3) is 3.78. The minimum atomic E-state index is -0.630. The van der Waals surface area contributed by atoms with Gasteiger partial charge in [0, 0.05) is 25.5 Å². The fourth-order valence-electron chi connectivity index (χ4n) is 3.65. The van der Waals surface area contributed by atoms with Crippen molar-refractivity contribution in [3.05, 3.63) is 59.2 Å². The molecule has 1 saturated heterocycles. The summed E-state index contributed by atoms with van der Waals surface area (Å²) in [6.45, 7) is 6.75. The number of cyclic esters (lactones) is 1. The van der Waals surface area contributed by atoms with Crippen LogP contribution in [0, 0.1) is 0 Å². The lowest BCUT2D eigenvalue weighted by Crippen LogP contribution is -2.35. The Morgan fingerprint density at radius 1 is 1.21 bits per heavy atom. The summed E-state index contributed by atoms with van der Waals surface area (Å²) in [5.74, 6) is 0.414. The van der Waals surface area contributed by atoms with Crippen molar-refractivity contribution in [2.45, 2.75) is 51.7 Å². The summed E-state index contributed by atoms with van der Waals surface area (Å²) in [6, 6.07) is 12.9. The second kappa shape index (κ2) is 7.02. The van der Waals surface area contributed by atoms with Crippen LogP contribution in [0.1, 0.15) is 43.6 Å². The first-order valence-corrected chi connectivity index (χ1v) is 9.52. The van der Waals surface area contributed by atoms with E-state index in [-0.39, 0.29) is 24.0 Å². The quantitative estimate of drug-likeness (QED) is 0.859. The Kier molecular flexibility index (Phi) is 4.67. The molecule has 2 atom stereocenters. The highest BCUT2D eigenvalue weighted by Crippen LogP contribution is 2.35. The van der Waals surface area contributed by atoms with Crippen molar-refractivity contribution in [1.29, 1.82) is 0 Å². The largest absolute Gasteiger partial charge is 0.508 e. The first-order valence-electron chi connectivity index (χ1n) is 9.52.